The highest BCUT2D eigenvalue weighted by molar-refractivity contribution is 6.34. The fourth-order valence-corrected chi connectivity index (χ4v) is 4.52. The highest BCUT2D eigenvalue weighted by atomic mass is 35.5. The van der Waals surface area contributed by atoms with E-state index in [1.165, 1.54) is 0 Å². The van der Waals surface area contributed by atoms with Crippen molar-refractivity contribution in [2.45, 2.75) is 24.9 Å². The number of hydrogen-bond acceptors (Lipinski definition) is 2. The maximum absolute atomic E-state index is 12.0. The Morgan fingerprint density at radius 1 is 1.12 bits per heavy atom. The Bertz CT molecular complexity index is 768. The van der Waals surface area contributed by atoms with E-state index in [1.54, 1.807) is 6.07 Å². The topological polar surface area (TPSA) is 23.5 Å². The summed E-state index contributed by atoms with van der Waals surface area (Å²) in [4.78, 5) is 2.13. The molecule has 4 heteroatoms. The lowest BCUT2D eigenvalue weighted by Crippen LogP contribution is -2.44. The van der Waals surface area contributed by atoms with Crippen LogP contribution in [0.2, 0.25) is 10.0 Å². The Morgan fingerprint density at radius 2 is 1.77 bits per heavy atom. The third kappa shape index (κ3) is 4.15. The first-order valence-corrected chi connectivity index (χ1v) is 9.75. The van der Waals surface area contributed by atoms with Gasteiger partial charge in [-0.05, 0) is 68.3 Å². The minimum atomic E-state index is -1.08. The van der Waals surface area contributed by atoms with Crippen LogP contribution in [0, 0.1) is 5.92 Å². The fourth-order valence-electron chi connectivity index (χ4n) is 3.99. The molecule has 2 aromatic rings. The molecule has 2 nitrogen and oxygen atoms in total. The SMILES string of the molecule is CN(C)CC1CCCC(=Cc2ccccc2)C1(O)c1cc(Cl)cc(Cl)c1. The van der Waals surface area contributed by atoms with Gasteiger partial charge in [-0.25, -0.2) is 0 Å². The van der Waals surface area contributed by atoms with Gasteiger partial charge in [0.1, 0.15) is 5.60 Å². The number of nitrogens with zero attached hydrogens (tertiary/aromatic N) is 1. The van der Waals surface area contributed by atoms with E-state index in [0.717, 1.165) is 42.5 Å². The van der Waals surface area contributed by atoms with Crippen molar-refractivity contribution in [2.24, 2.45) is 5.92 Å². The summed E-state index contributed by atoms with van der Waals surface area (Å²) < 4.78 is 0. The Kier molecular flexibility index (Phi) is 6.09. The molecule has 1 saturated carbocycles. The molecule has 0 bridgehead atoms. The molecule has 1 N–H and O–H groups in total. The van der Waals surface area contributed by atoms with Crippen molar-refractivity contribution in [3.05, 3.63) is 75.3 Å². The van der Waals surface area contributed by atoms with E-state index in [4.69, 9.17) is 23.2 Å². The summed E-state index contributed by atoms with van der Waals surface area (Å²) in [5.74, 6) is 0.0794. The number of halogens is 2. The van der Waals surface area contributed by atoms with Gasteiger partial charge < -0.3 is 10.0 Å². The second-order valence-corrected chi connectivity index (χ2v) is 8.23. The summed E-state index contributed by atoms with van der Waals surface area (Å²) in [6, 6.07) is 15.6. The first-order valence-electron chi connectivity index (χ1n) is 8.99. The lowest BCUT2D eigenvalue weighted by Gasteiger charge is -2.44. The molecule has 0 aliphatic heterocycles. The first kappa shape index (κ1) is 19.4. The maximum atomic E-state index is 12.0. The van der Waals surface area contributed by atoms with Gasteiger partial charge in [0, 0.05) is 22.5 Å². The van der Waals surface area contributed by atoms with Gasteiger partial charge >= 0.3 is 0 Å². The Labute approximate surface area is 166 Å². The molecule has 3 rings (SSSR count). The zero-order valence-corrected chi connectivity index (χ0v) is 16.8. The molecule has 1 aliphatic carbocycles. The van der Waals surface area contributed by atoms with Gasteiger partial charge in [-0.1, -0.05) is 59.6 Å². The molecule has 2 aromatic carbocycles. The summed E-state index contributed by atoms with van der Waals surface area (Å²) in [5, 5.41) is 13.1. The zero-order chi connectivity index (χ0) is 18.7. The van der Waals surface area contributed by atoms with Crippen LogP contribution >= 0.6 is 23.2 Å². The highest BCUT2D eigenvalue weighted by Gasteiger charge is 2.44. The molecule has 2 unspecified atom stereocenters. The van der Waals surface area contributed by atoms with E-state index < -0.39 is 5.60 Å². The molecule has 2 atom stereocenters. The van der Waals surface area contributed by atoms with E-state index in [2.05, 4.69) is 23.1 Å². The molecule has 0 amide bonds. The van der Waals surface area contributed by atoms with Crippen molar-refractivity contribution in [3.63, 3.8) is 0 Å². The highest BCUT2D eigenvalue weighted by Crippen LogP contribution is 2.47. The van der Waals surface area contributed by atoms with Crippen molar-refractivity contribution < 1.29 is 5.11 Å². The monoisotopic (exact) mass is 389 g/mol. The normalized spacial score (nSPS) is 25.0. The number of hydrogen-bond donors (Lipinski definition) is 1. The average Bonchev–Trinajstić information content (AvgIpc) is 2.58. The molecule has 0 heterocycles. The molecule has 1 aliphatic rings. The van der Waals surface area contributed by atoms with Crippen molar-refractivity contribution in [3.8, 4) is 0 Å². The van der Waals surface area contributed by atoms with Crippen LogP contribution in [0.1, 0.15) is 30.4 Å². The molecular weight excluding hydrogens is 365 g/mol. The Balaban J connectivity index is 2.13. The van der Waals surface area contributed by atoms with Crippen LogP contribution in [-0.2, 0) is 5.60 Å². The Hall–Kier alpha value is -1.32. The molecule has 26 heavy (non-hydrogen) atoms. The minimum Gasteiger partial charge on any atom is -0.380 e. The van der Waals surface area contributed by atoms with E-state index in [-0.39, 0.29) is 5.92 Å². The molecule has 0 saturated heterocycles. The quantitative estimate of drug-likeness (QED) is 0.732. The van der Waals surface area contributed by atoms with Crippen LogP contribution < -0.4 is 0 Å². The molecule has 0 radical (unpaired) electrons. The van der Waals surface area contributed by atoms with Gasteiger partial charge in [0.2, 0.25) is 0 Å². The average molecular weight is 390 g/mol. The predicted molar refractivity (Wildman–Crippen MR) is 111 cm³/mol. The van der Waals surface area contributed by atoms with Crippen LogP contribution in [-0.4, -0.2) is 30.6 Å². The third-order valence-electron chi connectivity index (χ3n) is 5.11. The summed E-state index contributed by atoms with van der Waals surface area (Å²) >= 11 is 12.5. The number of benzene rings is 2. The molecular formula is C22H25Cl2NO. The van der Waals surface area contributed by atoms with Crippen molar-refractivity contribution in [1.29, 1.82) is 0 Å². The number of aliphatic hydroxyl groups is 1. The fraction of sp³-hybridized carbons (Fsp3) is 0.364. The lowest BCUT2D eigenvalue weighted by atomic mass is 9.67. The molecule has 0 spiro atoms. The second-order valence-electron chi connectivity index (χ2n) is 7.36. The van der Waals surface area contributed by atoms with Crippen LogP contribution in [0.15, 0.2) is 54.1 Å². The van der Waals surface area contributed by atoms with Gasteiger partial charge in [-0.2, -0.15) is 0 Å². The summed E-state index contributed by atoms with van der Waals surface area (Å²) in [6.45, 7) is 0.798. The van der Waals surface area contributed by atoms with E-state index in [9.17, 15) is 5.11 Å². The van der Waals surface area contributed by atoms with Gasteiger partial charge in [-0.3, -0.25) is 0 Å². The van der Waals surface area contributed by atoms with Crippen LogP contribution in [0.3, 0.4) is 0 Å². The van der Waals surface area contributed by atoms with Crippen LogP contribution in [0.5, 0.6) is 0 Å². The summed E-state index contributed by atoms with van der Waals surface area (Å²) in [7, 11) is 4.08. The predicted octanol–water partition coefficient (Wildman–Crippen LogP) is 5.63. The maximum Gasteiger partial charge on any atom is 0.115 e. The summed E-state index contributed by atoms with van der Waals surface area (Å²) in [6.07, 6.45) is 5.01. The van der Waals surface area contributed by atoms with Crippen molar-refractivity contribution in [2.75, 3.05) is 20.6 Å². The first-order chi connectivity index (χ1) is 12.4. The van der Waals surface area contributed by atoms with Gasteiger partial charge in [0.05, 0.1) is 0 Å². The van der Waals surface area contributed by atoms with Gasteiger partial charge in [-0.15, -0.1) is 0 Å². The minimum absolute atomic E-state index is 0.0794. The Morgan fingerprint density at radius 3 is 2.38 bits per heavy atom. The lowest BCUT2D eigenvalue weighted by molar-refractivity contribution is -0.0174. The second kappa shape index (κ2) is 8.14. The van der Waals surface area contributed by atoms with Gasteiger partial charge in [0.25, 0.3) is 0 Å². The summed E-state index contributed by atoms with van der Waals surface area (Å²) in [5.41, 5.74) is 1.83. The third-order valence-corrected chi connectivity index (χ3v) is 5.54. The van der Waals surface area contributed by atoms with E-state index in [1.807, 2.05) is 44.4 Å². The van der Waals surface area contributed by atoms with E-state index in [0.29, 0.717) is 10.0 Å². The molecule has 138 valence electrons. The van der Waals surface area contributed by atoms with Crippen LogP contribution in [0.25, 0.3) is 6.08 Å². The zero-order valence-electron chi connectivity index (χ0n) is 15.3. The van der Waals surface area contributed by atoms with Crippen molar-refractivity contribution >= 4 is 29.3 Å². The molecule has 0 aromatic heterocycles. The molecule has 1 fully saturated rings. The standard InChI is InChI=1S/C22H25Cl2NO/c1-25(2)15-18-10-6-9-17(11-16-7-4-3-5-8-16)22(18,26)19-12-20(23)14-21(24)13-19/h3-5,7-8,11-14,18,26H,6,9-10,15H2,1-2H3. The van der Waals surface area contributed by atoms with Gasteiger partial charge in [0.15, 0.2) is 0 Å². The van der Waals surface area contributed by atoms with E-state index >= 15 is 0 Å². The smallest absolute Gasteiger partial charge is 0.115 e. The van der Waals surface area contributed by atoms with Crippen LogP contribution in [0.4, 0.5) is 0 Å². The number of rotatable bonds is 4. The van der Waals surface area contributed by atoms with Crippen molar-refractivity contribution in [1.82, 2.24) is 4.90 Å². The largest absolute Gasteiger partial charge is 0.380 e.